The number of nitrogens with zero attached hydrogens (tertiary/aromatic N) is 5. The van der Waals surface area contributed by atoms with E-state index in [1.165, 1.54) is 6.07 Å². The molecule has 0 spiro atoms. The maximum Gasteiger partial charge on any atom is 0.347 e. The third-order valence-corrected chi connectivity index (χ3v) is 5.55. The fourth-order valence-electron chi connectivity index (χ4n) is 3.94. The molecule has 1 fully saturated rings. The van der Waals surface area contributed by atoms with Gasteiger partial charge in [0.15, 0.2) is 11.5 Å². The van der Waals surface area contributed by atoms with Gasteiger partial charge in [0, 0.05) is 37.4 Å². The summed E-state index contributed by atoms with van der Waals surface area (Å²) >= 11 is 0. The van der Waals surface area contributed by atoms with Crippen LogP contribution in [0.15, 0.2) is 45.9 Å². The largest absolute Gasteiger partial charge is 0.403 e. The zero-order valence-electron chi connectivity index (χ0n) is 16.9. The van der Waals surface area contributed by atoms with Gasteiger partial charge in [-0.1, -0.05) is 0 Å². The van der Waals surface area contributed by atoms with Crippen molar-refractivity contribution >= 4 is 22.6 Å². The molecular formula is C22H22FN5O2. The first-order valence-electron chi connectivity index (χ1n) is 10.0. The Kier molecular flexibility index (Phi) is 4.51. The second-order valence-corrected chi connectivity index (χ2v) is 7.88. The second kappa shape index (κ2) is 7.21. The van der Waals surface area contributed by atoms with Crippen molar-refractivity contribution in [3.05, 3.63) is 58.5 Å². The van der Waals surface area contributed by atoms with E-state index in [1.807, 2.05) is 12.1 Å². The molecule has 0 aliphatic carbocycles. The Balaban J connectivity index is 1.54. The van der Waals surface area contributed by atoms with Crippen LogP contribution in [0, 0.1) is 12.7 Å². The molecule has 0 atom stereocenters. The molecule has 0 radical (unpaired) electrons. The summed E-state index contributed by atoms with van der Waals surface area (Å²) in [5.41, 5.74) is 1.36. The first-order chi connectivity index (χ1) is 14.5. The standard InChI is InChI=1S/C22H22FN5O2/c1-14-10-17(23)20-24-18(13-28(20)12-14)16-11-15-4-5-19(25-21(15)30-22(16)29)27-7-3-6-26(2)8-9-27/h4-5,10-13H,3,6-9H2,1-2H3. The highest BCUT2D eigenvalue weighted by molar-refractivity contribution is 5.80. The molecule has 7 nitrogen and oxygen atoms in total. The fourth-order valence-corrected chi connectivity index (χ4v) is 3.94. The van der Waals surface area contributed by atoms with E-state index < -0.39 is 11.4 Å². The number of pyridine rings is 2. The molecule has 8 heteroatoms. The van der Waals surface area contributed by atoms with Gasteiger partial charge in [-0.15, -0.1) is 0 Å². The molecule has 4 aromatic rings. The molecule has 1 saturated heterocycles. The molecule has 0 amide bonds. The molecule has 5 rings (SSSR count). The van der Waals surface area contributed by atoms with E-state index in [0.29, 0.717) is 16.8 Å². The monoisotopic (exact) mass is 407 g/mol. The van der Waals surface area contributed by atoms with E-state index in [0.717, 1.165) is 44.0 Å². The van der Waals surface area contributed by atoms with Gasteiger partial charge in [-0.25, -0.2) is 14.2 Å². The Hall–Kier alpha value is -3.26. The van der Waals surface area contributed by atoms with Gasteiger partial charge in [-0.3, -0.25) is 0 Å². The summed E-state index contributed by atoms with van der Waals surface area (Å²) in [7, 11) is 2.12. The lowest BCUT2D eigenvalue weighted by Gasteiger charge is -2.21. The number of aromatic nitrogens is 3. The lowest BCUT2D eigenvalue weighted by molar-refractivity contribution is 0.360. The molecule has 0 N–H and O–H groups in total. The van der Waals surface area contributed by atoms with Gasteiger partial charge in [0.1, 0.15) is 5.82 Å². The summed E-state index contributed by atoms with van der Waals surface area (Å²) < 4.78 is 21.3. The highest BCUT2D eigenvalue weighted by Crippen LogP contribution is 2.24. The van der Waals surface area contributed by atoms with Crippen molar-refractivity contribution in [1.82, 2.24) is 19.3 Å². The van der Waals surface area contributed by atoms with Crippen molar-refractivity contribution in [2.75, 3.05) is 38.1 Å². The van der Waals surface area contributed by atoms with Gasteiger partial charge in [-0.05, 0) is 56.8 Å². The van der Waals surface area contributed by atoms with Crippen LogP contribution >= 0.6 is 0 Å². The summed E-state index contributed by atoms with van der Waals surface area (Å²) in [5.74, 6) is 0.375. The Morgan fingerprint density at radius 2 is 1.93 bits per heavy atom. The van der Waals surface area contributed by atoms with Gasteiger partial charge < -0.3 is 18.6 Å². The van der Waals surface area contributed by atoms with Crippen molar-refractivity contribution in [2.24, 2.45) is 0 Å². The van der Waals surface area contributed by atoms with Crippen LogP contribution in [0.4, 0.5) is 10.2 Å². The minimum absolute atomic E-state index is 0.176. The Morgan fingerprint density at radius 1 is 1.07 bits per heavy atom. The SMILES string of the molecule is Cc1cc(F)c2nc(-c3cc4ccc(N5CCCN(C)CC5)nc4oc3=O)cn2c1. The number of aryl methyl sites for hydroxylation is 1. The van der Waals surface area contributed by atoms with Crippen LogP contribution in [0.2, 0.25) is 0 Å². The molecule has 5 heterocycles. The van der Waals surface area contributed by atoms with E-state index in [1.54, 1.807) is 29.8 Å². The van der Waals surface area contributed by atoms with E-state index in [-0.39, 0.29) is 11.2 Å². The summed E-state index contributed by atoms with van der Waals surface area (Å²) in [4.78, 5) is 26.1. The average molecular weight is 407 g/mol. The molecule has 1 aliphatic rings. The van der Waals surface area contributed by atoms with Crippen molar-refractivity contribution < 1.29 is 8.81 Å². The number of imidazole rings is 1. The lowest BCUT2D eigenvalue weighted by Crippen LogP contribution is -2.29. The van der Waals surface area contributed by atoms with Crippen molar-refractivity contribution in [3.8, 4) is 11.3 Å². The van der Waals surface area contributed by atoms with Gasteiger partial charge in [0.2, 0.25) is 5.71 Å². The number of hydrogen-bond donors (Lipinski definition) is 0. The van der Waals surface area contributed by atoms with Crippen molar-refractivity contribution in [3.63, 3.8) is 0 Å². The normalized spacial score (nSPS) is 15.8. The highest BCUT2D eigenvalue weighted by Gasteiger charge is 2.17. The summed E-state index contributed by atoms with van der Waals surface area (Å²) in [5, 5.41) is 0.703. The first-order valence-corrected chi connectivity index (χ1v) is 10.0. The number of anilines is 1. The summed E-state index contributed by atoms with van der Waals surface area (Å²) in [6.07, 6.45) is 4.46. The topological polar surface area (TPSA) is 66.9 Å². The molecule has 0 saturated carbocycles. The Bertz CT molecular complexity index is 1310. The maximum atomic E-state index is 14.2. The average Bonchev–Trinajstić information content (AvgIpc) is 3.01. The van der Waals surface area contributed by atoms with Gasteiger partial charge in [0.05, 0.1) is 11.3 Å². The number of likely N-dealkylation sites (N-methyl/N-ethyl adjacent to an activating group) is 1. The van der Waals surface area contributed by atoms with Crippen LogP contribution < -0.4 is 10.5 Å². The van der Waals surface area contributed by atoms with Crippen LogP contribution in [0.3, 0.4) is 0 Å². The fraction of sp³-hybridized carbons (Fsp3) is 0.318. The van der Waals surface area contributed by atoms with E-state index in [9.17, 15) is 9.18 Å². The first kappa shape index (κ1) is 18.7. The van der Waals surface area contributed by atoms with Crippen LogP contribution in [0.5, 0.6) is 0 Å². The highest BCUT2D eigenvalue weighted by atomic mass is 19.1. The lowest BCUT2D eigenvalue weighted by atomic mass is 10.2. The molecule has 4 aromatic heterocycles. The number of halogens is 1. The molecular weight excluding hydrogens is 385 g/mol. The third kappa shape index (κ3) is 3.33. The van der Waals surface area contributed by atoms with Crippen molar-refractivity contribution in [2.45, 2.75) is 13.3 Å². The van der Waals surface area contributed by atoms with Crippen LogP contribution in [0.1, 0.15) is 12.0 Å². The second-order valence-electron chi connectivity index (χ2n) is 7.88. The van der Waals surface area contributed by atoms with Gasteiger partial charge >= 0.3 is 5.63 Å². The molecule has 0 bridgehead atoms. The predicted octanol–water partition coefficient (Wildman–Crippen LogP) is 3.09. The van der Waals surface area contributed by atoms with Crippen molar-refractivity contribution in [1.29, 1.82) is 0 Å². The smallest absolute Gasteiger partial charge is 0.347 e. The molecule has 154 valence electrons. The number of fused-ring (bicyclic) bond motifs is 2. The molecule has 0 aromatic carbocycles. The minimum Gasteiger partial charge on any atom is -0.403 e. The number of hydrogen-bond acceptors (Lipinski definition) is 6. The van der Waals surface area contributed by atoms with Gasteiger partial charge in [0.25, 0.3) is 0 Å². The zero-order chi connectivity index (χ0) is 20.8. The van der Waals surface area contributed by atoms with E-state index >= 15 is 0 Å². The quantitative estimate of drug-likeness (QED) is 0.509. The van der Waals surface area contributed by atoms with Crippen LogP contribution in [-0.4, -0.2) is 52.5 Å². The summed E-state index contributed by atoms with van der Waals surface area (Å²) in [6.45, 7) is 5.62. The van der Waals surface area contributed by atoms with E-state index in [4.69, 9.17) is 4.42 Å². The zero-order valence-corrected chi connectivity index (χ0v) is 16.9. The number of rotatable bonds is 2. The summed E-state index contributed by atoms with van der Waals surface area (Å²) in [6, 6.07) is 6.98. The predicted molar refractivity (Wildman–Crippen MR) is 113 cm³/mol. The van der Waals surface area contributed by atoms with Gasteiger partial charge in [-0.2, -0.15) is 4.98 Å². The molecule has 0 unspecified atom stereocenters. The Labute approximate surface area is 172 Å². The third-order valence-electron chi connectivity index (χ3n) is 5.55. The molecule has 1 aliphatic heterocycles. The minimum atomic E-state index is -0.539. The molecule has 30 heavy (non-hydrogen) atoms. The van der Waals surface area contributed by atoms with Crippen LogP contribution in [0.25, 0.3) is 28.0 Å². The Morgan fingerprint density at radius 3 is 2.80 bits per heavy atom. The van der Waals surface area contributed by atoms with Crippen LogP contribution in [-0.2, 0) is 0 Å². The van der Waals surface area contributed by atoms with E-state index in [2.05, 4.69) is 26.8 Å². The maximum absolute atomic E-state index is 14.2.